The minimum absolute atomic E-state index is 0.245. The summed E-state index contributed by atoms with van der Waals surface area (Å²) in [7, 11) is 3.76. The number of nitrogen functional groups attached to an aromatic ring is 1. The molecule has 3 rings (SSSR count). The molecule has 0 fully saturated rings. The van der Waals surface area contributed by atoms with E-state index in [-0.39, 0.29) is 5.95 Å². The summed E-state index contributed by atoms with van der Waals surface area (Å²) in [5.41, 5.74) is 8.10. The van der Waals surface area contributed by atoms with Crippen LogP contribution in [0.2, 0.25) is 5.02 Å². The number of hydrogen-bond donors (Lipinski definition) is 1. The van der Waals surface area contributed by atoms with Crippen molar-refractivity contribution < 1.29 is 0 Å². The molecule has 0 atom stereocenters. The third kappa shape index (κ3) is 2.71. The number of anilines is 3. The highest BCUT2D eigenvalue weighted by Crippen LogP contribution is 2.33. The molecular formula is C14H17ClN6. The molecule has 0 unspecified atom stereocenters. The highest BCUT2D eigenvalue weighted by molar-refractivity contribution is 6.31. The second-order valence-corrected chi connectivity index (χ2v) is 5.62. The zero-order chi connectivity index (χ0) is 15.0. The van der Waals surface area contributed by atoms with Gasteiger partial charge in [0.2, 0.25) is 11.9 Å². The van der Waals surface area contributed by atoms with E-state index in [9.17, 15) is 0 Å². The second kappa shape index (κ2) is 5.37. The van der Waals surface area contributed by atoms with Crippen LogP contribution in [0.5, 0.6) is 0 Å². The van der Waals surface area contributed by atoms with Gasteiger partial charge in [0.1, 0.15) is 0 Å². The number of benzene rings is 1. The Bertz CT molecular complexity index is 673. The molecule has 2 N–H and O–H groups in total. The van der Waals surface area contributed by atoms with Crippen LogP contribution in [0.1, 0.15) is 11.4 Å². The van der Waals surface area contributed by atoms with Crippen LogP contribution in [-0.2, 0) is 13.0 Å². The number of nitrogens with zero attached hydrogens (tertiary/aromatic N) is 5. The third-order valence-electron chi connectivity index (χ3n) is 3.49. The molecule has 1 aromatic heterocycles. The van der Waals surface area contributed by atoms with Crippen LogP contribution in [0.25, 0.3) is 0 Å². The van der Waals surface area contributed by atoms with Crippen molar-refractivity contribution in [2.24, 2.45) is 0 Å². The molecule has 1 aromatic carbocycles. The molecule has 2 heterocycles. The molecule has 110 valence electrons. The standard InChI is InChI=1S/C14H17ClN6/c1-20(2)14-18-12(17-13(16)19-14)8-21-7-6-9-10(15)4-3-5-11(9)21/h3-5H,6-8H2,1-2H3,(H2,16,17,18,19). The van der Waals surface area contributed by atoms with Gasteiger partial charge in [0.05, 0.1) is 6.54 Å². The fourth-order valence-corrected chi connectivity index (χ4v) is 2.75. The van der Waals surface area contributed by atoms with Gasteiger partial charge in [-0.15, -0.1) is 0 Å². The largest absolute Gasteiger partial charge is 0.368 e. The van der Waals surface area contributed by atoms with Crippen molar-refractivity contribution in [1.29, 1.82) is 0 Å². The highest BCUT2D eigenvalue weighted by Gasteiger charge is 2.22. The van der Waals surface area contributed by atoms with E-state index in [1.807, 2.05) is 31.1 Å². The summed E-state index contributed by atoms with van der Waals surface area (Å²) in [6.07, 6.45) is 0.941. The maximum absolute atomic E-state index is 6.24. The molecule has 0 aliphatic carbocycles. The number of fused-ring (bicyclic) bond motifs is 1. The van der Waals surface area contributed by atoms with E-state index in [4.69, 9.17) is 17.3 Å². The number of aromatic nitrogens is 3. The first-order valence-electron chi connectivity index (χ1n) is 6.74. The summed E-state index contributed by atoms with van der Waals surface area (Å²) in [4.78, 5) is 16.8. The van der Waals surface area contributed by atoms with Gasteiger partial charge in [-0.1, -0.05) is 17.7 Å². The topological polar surface area (TPSA) is 71.2 Å². The van der Waals surface area contributed by atoms with Crippen molar-refractivity contribution >= 4 is 29.2 Å². The number of hydrogen-bond acceptors (Lipinski definition) is 6. The summed E-state index contributed by atoms with van der Waals surface area (Å²) in [5.74, 6) is 1.48. The van der Waals surface area contributed by atoms with Crippen LogP contribution in [0.4, 0.5) is 17.6 Å². The predicted molar refractivity (Wildman–Crippen MR) is 84.8 cm³/mol. The van der Waals surface area contributed by atoms with Crippen LogP contribution in [0, 0.1) is 0 Å². The van der Waals surface area contributed by atoms with Crippen molar-refractivity contribution in [1.82, 2.24) is 15.0 Å². The summed E-state index contributed by atoms with van der Waals surface area (Å²) in [5, 5.41) is 0.819. The predicted octanol–water partition coefficient (Wildman–Crippen LogP) is 1.74. The molecule has 0 saturated heterocycles. The zero-order valence-corrected chi connectivity index (χ0v) is 12.8. The fourth-order valence-electron chi connectivity index (χ4n) is 2.49. The Morgan fingerprint density at radius 2 is 2.10 bits per heavy atom. The minimum atomic E-state index is 0.245. The van der Waals surface area contributed by atoms with E-state index >= 15 is 0 Å². The van der Waals surface area contributed by atoms with Gasteiger partial charge in [-0.05, 0) is 24.1 Å². The van der Waals surface area contributed by atoms with Gasteiger partial charge in [-0.3, -0.25) is 0 Å². The lowest BCUT2D eigenvalue weighted by atomic mass is 10.2. The van der Waals surface area contributed by atoms with E-state index < -0.39 is 0 Å². The second-order valence-electron chi connectivity index (χ2n) is 5.21. The van der Waals surface area contributed by atoms with Gasteiger partial charge < -0.3 is 15.5 Å². The highest BCUT2D eigenvalue weighted by atomic mass is 35.5. The lowest BCUT2D eigenvalue weighted by Gasteiger charge is -2.19. The Hall–Kier alpha value is -2.08. The zero-order valence-electron chi connectivity index (χ0n) is 12.0. The lowest BCUT2D eigenvalue weighted by molar-refractivity contribution is 0.773. The minimum Gasteiger partial charge on any atom is -0.368 e. The normalized spacial score (nSPS) is 13.4. The molecule has 0 spiro atoms. The van der Waals surface area contributed by atoms with Crippen LogP contribution >= 0.6 is 11.6 Å². The van der Waals surface area contributed by atoms with Crippen molar-refractivity contribution in [3.05, 3.63) is 34.6 Å². The third-order valence-corrected chi connectivity index (χ3v) is 3.84. The number of halogens is 1. The van der Waals surface area contributed by atoms with Gasteiger partial charge in [0.25, 0.3) is 0 Å². The Morgan fingerprint density at radius 1 is 1.29 bits per heavy atom. The summed E-state index contributed by atoms with van der Waals surface area (Å²) >= 11 is 6.24. The Labute approximate surface area is 128 Å². The molecule has 7 heteroatoms. The fraction of sp³-hybridized carbons (Fsp3) is 0.357. The van der Waals surface area contributed by atoms with Gasteiger partial charge in [0.15, 0.2) is 5.82 Å². The van der Waals surface area contributed by atoms with E-state index in [0.29, 0.717) is 18.3 Å². The molecular weight excluding hydrogens is 288 g/mol. The lowest BCUT2D eigenvalue weighted by Crippen LogP contribution is -2.23. The van der Waals surface area contributed by atoms with E-state index in [2.05, 4.69) is 25.9 Å². The molecule has 1 aliphatic heterocycles. The number of nitrogens with two attached hydrogens (primary N) is 1. The molecule has 0 radical (unpaired) electrons. The first-order chi connectivity index (χ1) is 10.0. The van der Waals surface area contributed by atoms with Crippen LogP contribution in [0.3, 0.4) is 0 Å². The summed E-state index contributed by atoms with van der Waals surface area (Å²) in [6, 6.07) is 5.97. The van der Waals surface area contributed by atoms with E-state index in [0.717, 1.165) is 23.7 Å². The van der Waals surface area contributed by atoms with Crippen LogP contribution < -0.4 is 15.5 Å². The average Bonchev–Trinajstić information content (AvgIpc) is 2.83. The van der Waals surface area contributed by atoms with Crippen molar-refractivity contribution in [2.75, 3.05) is 36.2 Å². The summed E-state index contributed by atoms with van der Waals surface area (Å²) < 4.78 is 0. The van der Waals surface area contributed by atoms with Crippen LogP contribution in [0.15, 0.2) is 18.2 Å². The molecule has 0 bridgehead atoms. The molecule has 2 aromatic rings. The van der Waals surface area contributed by atoms with Gasteiger partial charge in [-0.25, -0.2) is 0 Å². The maximum atomic E-state index is 6.24. The monoisotopic (exact) mass is 304 g/mol. The van der Waals surface area contributed by atoms with Gasteiger partial charge in [0, 0.05) is 31.4 Å². The smallest absolute Gasteiger partial charge is 0.229 e. The van der Waals surface area contributed by atoms with Gasteiger partial charge >= 0.3 is 0 Å². The van der Waals surface area contributed by atoms with E-state index in [1.165, 1.54) is 5.56 Å². The van der Waals surface area contributed by atoms with Crippen molar-refractivity contribution in [3.8, 4) is 0 Å². The molecule has 6 nitrogen and oxygen atoms in total. The Morgan fingerprint density at radius 3 is 2.86 bits per heavy atom. The Kier molecular flexibility index (Phi) is 3.55. The molecule has 0 amide bonds. The summed E-state index contributed by atoms with van der Waals surface area (Å²) in [6.45, 7) is 1.50. The maximum Gasteiger partial charge on any atom is 0.229 e. The molecule has 21 heavy (non-hydrogen) atoms. The van der Waals surface area contributed by atoms with Crippen molar-refractivity contribution in [3.63, 3.8) is 0 Å². The quantitative estimate of drug-likeness (QED) is 0.931. The molecule has 0 saturated carbocycles. The Balaban J connectivity index is 1.88. The SMILES string of the molecule is CN(C)c1nc(N)nc(CN2CCc3c(Cl)cccc32)n1. The first-order valence-corrected chi connectivity index (χ1v) is 7.12. The number of rotatable bonds is 3. The van der Waals surface area contributed by atoms with Gasteiger partial charge in [-0.2, -0.15) is 15.0 Å². The average molecular weight is 305 g/mol. The van der Waals surface area contributed by atoms with Crippen molar-refractivity contribution in [2.45, 2.75) is 13.0 Å². The molecule has 1 aliphatic rings. The van der Waals surface area contributed by atoms with Crippen LogP contribution in [-0.4, -0.2) is 35.6 Å². The van der Waals surface area contributed by atoms with E-state index in [1.54, 1.807) is 0 Å². The first kappa shape index (κ1) is 13.9.